The Morgan fingerprint density at radius 1 is 0.969 bits per heavy atom. The van der Waals surface area contributed by atoms with E-state index in [0.717, 1.165) is 5.56 Å². The number of ether oxygens (including phenoxy) is 4. The van der Waals surface area contributed by atoms with Crippen LogP contribution in [0.15, 0.2) is 41.1 Å². The highest BCUT2D eigenvalue weighted by Crippen LogP contribution is 2.43. The molecule has 3 rings (SSSR count). The van der Waals surface area contributed by atoms with Gasteiger partial charge in [0.05, 0.1) is 46.4 Å². The summed E-state index contributed by atoms with van der Waals surface area (Å²) < 4.78 is 27.2. The first-order valence-electron chi connectivity index (χ1n) is 9.43. The summed E-state index contributed by atoms with van der Waals surface area (Å²) in [5.41, 5.74) is 8.30. The minimum atomic E-state index is -0.668. The summed E-state index contributed by atoms with van der Waals surface area (Å²) >= 11 is 0. The number of rotatable bonds is 8. The van der Waals surface area contributed by atoms with Crippen molar-refractivity contribution < 1.29 is 28.3 Å². The molecule has 0 spiro atoms. The summed E-state index contributed by atoms with van der Waals surface area (Å²) in [7, 11) is 6.14. The van der Waals surface area contributed by atoms with Crippen LogP contribution in [0.2, 0.25) is 0 Å². The molecule has 2 aromatic carbocycles. The molecular weight excluding hydrogens is 438 g/mol. The average molecular weight is 464 g/mol. The fourth-order valence-electron chi connectivity index (χ4n) is 3.09. The van der Waals surface area contributed by atoms with Gasteiger partial charge in [0.25, 0.3) is 0 Å². The van der Waals surface area contributed by atoms with Crippen LogP contribution < -0.4 is 30.0 Å². The Hall–Kier alpha value is -3.43. The quantitative estimate of drug-likeness (QED) is 0.518. The molecule has 1 amide bonds. The molecule has 172 valence electrons. The van der Waals surface area contributed by atoms with Crippen LogP contribution in [0, 0.1) is 0 Å². The number of nitrogens with one attached hydrogen (secondary N) is 1. The van der Waals surface area contributed by atoms with Gasteiger partial charge in [0.1, 0.15) is 5.75 Å². The fourth-order valence-corrected chi connectivity index (χ4v) is 3.09. The number of carbonyl (C=O) groups excluding carboxylic acids is 1. The first kappa shape index (κ1) is 24.8. The molecule has 1 aromatic heterocycles. The maximum atomic E-state index is 12.1. The molecule has 0 aliphatic heterocycles. The van der Waals surface area contributed by atoms with Crippen molar-refractivity contribution in [2.24, 2.45) is 5.73 Å². The van der Waals surface area contributed by atoms with Crippen LogP contribution >= 0.6 is 12.4 Å². The van der Waals surface area contributed by atoms with E-state index in [1.165, 1.54) is 14.2 Å². The lowest BCUT2D eigenvalue weighted by Gasteiger charge is -2.15. The first-order valence-corrected chi connectivity index (χ1v) is 9.43. The van der Waals surface area contributed by atoms with Crippen LogP contribution in [0.25, 0.3) is 22.5 Å². The Bertz CT molecular complexity index is 1060. The fraction of sp³-hybridized carbons (Fsp3) is 0.273. The predicted molar refractivity (Wildman–Crippen MR) is 123 cm³/mol. The molecule has 0 radical (unpaired) electrons. The van der Waals surface area contributed by atoms with Crippen molar-refractivity contribution in [3.05, 3.63) is 36.5 Å². The van der Waals surface area contributed by atoms with Crippen LogP contribution in [-0.2, 0) is 4.79 Å². The van der Waals surface area contributed by atoms with E-state index in [0.29, 0.717) is 45.6 Å². The van der Waals surface area contributed by atoms with Gasteiger partial charge in [0.2, 0.25) is 11.7 Å². The second kappa shape index (κ2) is 10.7. The molecule has 0 saturated heterocycles. The third-order valence-corrected chi connectivity index (χ3v) is 4.68. The van der Waals surface area contributed by atoms with E-state index in [9.17, 15) is 4.79 Å². The maximum Gasteiger partial charge on any atom is 0.241 e. The smallest absolute Gasteiger partial charge is 0.241 e. The van der Waals surface area contributed by atoms with Gasteiger partial charge < -0.3 is 34.5 Å². The van der Waals surface area contributed by atoms with Gasteiger partial charge in [-0.3, -0.25) is 4.79 Å². The summed E-state index contributed by atoms with van der Waals surface area (Å²) in [6.07, 6.45) is 1.59. The highest BCUT2D eigenvalue weighted by Gasteiger charge is 2.20. The summed E-state index contributed by atoms with van der Waals surface area (Å²) in [5.74, 6) is 2.11. The number of benzene rings is 2. The van der Waals surface area contributed by atoms with Crippen LogP contribution in [0.5, 0.6) is 23.0 Å². The van der Waals surface area contributed by atoms with E-state index >= 15 is 0 Å². The SMILES string of the molecule is COc1ccc(-c2cnoc2-c2cc(OC)c(OC)c(OC)c2)cc1NC(=O)C(C)N.Cl. The lowest BCUT2D eigenvalue weighted by atomic mass is 10.0. The number of nitrogens with zero attached hydrogens (tertiary/aromatic N) is 1. The number of hydrogen-bond donors (Lipinski definition) is 2. The Morgan fingerprint density at radius 2 is 1.59 bits per heavy atom. The molecule has 9 nitrogen and oxygen atoms in total. The number of anilines is 1. The molecule has 3 N–H and O–H groups in total. The lowest BCUT2D eigenvalue weighted by Crippen LogP contribution is -2.32. The van der Waals surface area contributed by atoms with E-state index in [2.05, 4.69) is 10.5 Å². The summed E-state index contributed by atoms with van der Waals surface area (Å²) in [6, 6.07) is 8.24. The van der Waals surface area contributed by atoms with Crippen molar-refractivity contribution in [2.45, 2.75) is 13.0 Å². The lowest BCUT2D eigenvalue weighted by molar-refractivity contribution is -0.117. The average Bonchev–Trinajstić information content (AvgIpc) is 3.27. The normalized spacial score (nSPS) is 11.2. The molecule has 1 heterocycles. The van der Waals surface area contributed by atoms with E-state index in [1.807, 2.05) is 6.07 Å². The Balaban J connectivity index is 0.00000363. The Labute approximate surface area is 192 Å². The van der Waals surface area contributed by atoms with Gasteiger partial charge >= 0.3 is 0 Å². The largest absolute Gasteiger partial charge is 0.495 e. The molecule has 0 saturated carbocycles. The molecule has 3 aromatic rings. The number of hydrogen-bond acceptors (Lipinski definition) is 8. The highest BCUT2D eigenvalue weighted by molar-refractivity contribution is 5.96. The minimum absolute atomic E-state index is 0. The summed E-state index contributed by atoms with van der Waals surface area (Å²) in [6.45, 7) is 1.61. The van der Waals surface area contributed by atoms with Gasteiger partial charge in [0.15, 0.2) is 17.3 Å². The Morgan fingerprint density at radius 3 is 2.12 bits per heavy atom. The standard InChI is InChI=1S/C22H25N3O6.ClH/c1-12(23)22(26)25-16-8-13(6-7-17(16)27-2)15-11-24-31-20(15)14-9-18(28-3)21(30-5)19(10-14)29-4;/h6-12H,23H2,1-5H3,(H,25,26);1H. The van der Waals surface area contributed by atoms with Crippen molar-refractivity contribution in [1.29, 1.82) is 0 Å². The second-order valence-electron chi connectivity index (χ2n) is 6.68. The van der Waals surface area contributed by atoms with E-state index < -0.39 is 6.04 Å². The molecule has 0 fully saturated rings. The molecule has 0 aliphatic rings. The third kappa shape index (κ3) is 4.90. The zero-order valence-electron chi connectivity index (χ0n) is 18.4. The zero-order chi connectivity index (χ0) is 22.5. The molecule has 1 unspecified atom stereocenters. The minimum Gasteiger partial charge on any atom is -0.495 e. The summed E-state index contributed by atoms with van der Waals surface area (Å²) in [4.78, 5) is 12.1. The van der Waals surface area contributed by atoms with Crippen LogP contribution in [0.1, 0.15) is 6.92 Å². The first-order chi connectivity index (χ1) is 14.9. The van der Waals surface area contributed by atoms with Gasteiger partial charge in [-0.25, -0.2) is 0 Å². The maximum absolute atomic E-state index is 12.1. The van der Waals surface area contributed by atoms with Gasteiger partial charge in [0, 0.05) is 11.1 Å². The van der Waals surface area contributed by atoms with Crippen molar-refractivity contribution in [3.8, 4) is 45.4 Å². The topological polar surface area (TPSA) is 118 Å². The van der Waals surface area contributed by atoms with Crippen molar-refractivity contribution >= 4 is 24.0 Å². The van der Waals surface area contributed by atoms with Crippen molar-refractivity contribution in [2.75, 3.05) is 33.8 Å². The summed E-state index contributed by atoms with van der Waals surface area (Å²) in [5, 5.41) is 6.74. The molecule has 0 bridgehead atoms. The third-order valence-electron chi connectivity index (χ3n) is 4.68. The van der Waals surface area contributed by atoms with Crippen LogP contribution in [0.4, 0.5) is 5.69 Å². The zero-order valence-corrected chi connectivity index (χ0v) is 19.2. The number of halogens is 1. The van der Waals surface area contributed by atoms with Gasteiger partial charge in [-0.15, -0.1) is 12.4 Å². The van der Waals surface area contributed by atoms with E-state index in [4.69, 9.17) is 29.2 Å². The monoisotopic (exact) mass is 463 g/mol. The number of nitrogens with two attached hydrogens (primary N) is 1. The number of aromatic nitrogens is 1. The number of methoxy groups -OCH3 is 4. The van der Waals surface area contributed by atoms with Crippen LogP contribution in [-0.4, -0.2) is 45.5 Å². The predicted octanol–water partition coefficient (Wildman–Crippen LogP) is 3.75. The molecule has 10 heteroatoms. The van der Waals surface area contributed by atoms with Gasteiger partial charge in [-0.1, -0.05) is 11.2 Å². The second-order valence-corrected chi connectivity index (χ2v) is 6.68. The van der Waals surface area contributed by atoms with E-state index in [-0.39, 0.29) is 18.3 Å². The Kier molecular flexibility index (Phi) is 8.34. The van der Waals surface area contributed by atoms with Crippen molar-refractivity contribution in [3.63, 3.8) is 0 Å². The molecule has 1 atom stereocenters. The van der Waals surface area contributed by atoms with Crippen molar-refractivity contribution in [1.82, 2.24) is 5.16 Å². The number of carbonyl (C=O) groups is 1. The molecule has 32 heavy (non-hydrogen) atoms. The molecule has 0 aliphatic carbocycles. The molecular formula is C22H26ClN3O6. The highest BCUT2D eigenvalue weighted by atomic mass is 35.5. The van der Waals surface area contributed by atoms with Gasteiger partial charge in [-0.2, -0.15) is 0 Å². The van der Waals surface area contributed by atoms with Gasteiger partial charge in [-0.05, 0) is 36.8 Å². The number of amides is 1. The van der Waals surface area contributed by atoms with E-state index in [1.54, 1.807) is 51.6 Å². The van der Waals surface area contributed by atoms with Crippen LogP contribution in [0.3, 0.4) is 0 Å².